The lowest BCUT2D eigenvalue weighted by atomic mass is 9.82. The molecule has 0 atom stereocenters. The highest BCUT2D eigenvalue weighted by Gasteiger charge is 2.29. The summed E-state index contributed by atoms with van der Waals surface area (Å²) < 4.78 is 19.0. The zero-order chi connectivity index (χ0) is 24.3. The van der Waals surface area contributed by atoms with E-state index in [0.717, 1.165) is 66.2 Å². The molecule has 0 bridgehead atoms. The van der Waals surface area contributed by atoms with Crippen LogP contribution in [0.4, 0.5) is 10.1 Å². The molecule has 1 aromatic heterocycles. The van der Waals surface area contributed by atoms with Crippen LogP contribution in [0, 0.1) is 18.2 Å². The summed E-state index contributed by atoms with van der Waals surface area (Å²) in [7, 11) is 0. The molecule has 5 heteroatoms. The third-order valence-electron chi connectivity index (χ3n) is 7.01. The van der Waals surface area contributed by atoms with E-state index in [2.05, 4.69) is 30.7 Å². The number of nitrogens with one attached hydrogen (secondary N) is 1. The Morgan fingerprint density at radius 1 is 1.03 bits per heavy atom. The molecule has 3 aromatic rings. The minimum atomic E-state index is -0.231. The Labute approximate surface area is 201 Å². The van der Waals surface area contributed by atoms with Gasteiger partial charge in [0.25, 0.3) is 5.56 Å². The molecule has 0 radical (unpaired) electrons. The van der Waals surface area contributed by atoms with Crippen molar-refractivity contribution in [3.63, 3.8) is 0 Å². The van der Waals surface area contributed by atoms with Gasteiger partial charge in [-0.05, 0) is 72.6 Å². The van der Waals surface area contributed by atoms with E-state index in [1.807, 2.05) is 31.2 Å². The van der Waals surface area contributed by atoms with Crippen molar-refractivity contribution in [3.05, 3.63) is 81.5 Å². The lowest BCUT2D eigenvalue weighted by Gasteiger charge is -2.40. The number of aromatic nitrogens is 1. The van der Waals surface area contributed by atoms with Crippen LogP contribution in [0.3, 0.4) is 0 Å². The van der Waals surface area contributed by atoms with Gasteiger partial charge in [-0.15, -0.1) is 0 Å². The van der Waals surface area contributed by atoms with Gasteiger partial charge in [0.15, 0.2) is 0 Å². The van der Waals surface area contributed by atoms with Crippen molar-refractivity contribution in [2.75, 3.05) is 24.6 Å². The fraction of sp³-hybridized carbons (Fsp3) is 0.414. The van der Waals surface area contributed by atoms with Crippen LogP contribution in [0.25, 0.3) is 11.1 Å². The largest absolute Gasteiger partial charge is 0.493 e. The number of aromatic amines is 1. The number of benzene rings is 2. The number of piperidine rings is 1. The third-order valence-corrected chi connectivity index (χ3v) is 7.01. The molecule has 1 saturated heterocycles. The van der Waals surface area contributed by atoms with Crippen LogP contribution in [-0.2, 0) is 12.8 Å². The maximum atomic E-state index is 13.2. The highest BCUT2D eigenvalue weighted by Crippen LogP contribution is 2.38. The predicted molar refractivity (Wildman–Crippen MR) is 137 cm³/mol. The number of nitrogens with zero attached hydrogens (tertiary/aromatic N) is 1. The van der Waals surface area contributed by atoms with Crippen molar-refractivity contribution in [1.29, 1.82) is 0 Å². The summed E-state index contributed by atoms with van der Waals surface area (Å²) >= 11 is 0. The van der Waals surface area contributed by atoms with Crippen molar-refractivity contribution in [3.8, 4) is 16.9 Å². The van der Waals surface area contributed by atoms with Crippen molar-refractivity contribution < 1.29 is 9.13 Å². The SMILES string of the molecule is CCc1c(C)[nH]c(=O)c(-c2ccc(OCCc3ccc(F)cc3)cc2)c1N1CCC(C)(C)CC1. The fourth-order valence-electron chi connectivity index (χ4n) is 4.78. The van der Waals surface area contributed by atoms with Crippen molar-refractivity contribution >= 4 is 5.69 Å². The Morgan fingerprint density at radius 2 is 1.68 bits per heavy atom. The molecular weight excluding hydrogens is 427 g/mol. The molecule has 0 amide bonds. The van der Waals surface area contributed by atoms with E-state index in [0.29, 0.717) is 18.4 Å². The Kier molecular flexibility index (Phi) is 7.11. The first kappa shape index (κ1) is 24.1. The molecule has 34 heavy (non-hydrogen) atoms. The number of hydrogen-bond donors (Lipinski definition) is 1. The number of aryl methyl sites for hydroxylation is 1. The van der Waals surface area contributed by atoms with Crippen LogP contribution < -0.4 is 15.2 Å². The minimum Gasteiger partial charge on any atom is -0.493 e. The Balaban J connectivity index is 1.57. The molecule has 180 valence electrons. The first-order chi connectivity index (χ1) is 16.3. The van der Waals surface area contributed by atoms with Crippen molar-refractivity contribution in [2.24, 2.45) is 5.41 Å². The molecular formula is C29H35FN2O2. The Bertz CT molecular complexity index is 1170. The van der Waals surface area contributed by atoms with E-state index < -0.39 is 0 Å². The summed E-state index contributed by atoms with van der Waals surface area (Å²) in [6.07, 6.45) is 3.80. The molecule has 2 heterocycles. The van der Waals surface area contributed by atoms with Gasteiger partial charge in [0, 0.05) is 25.2 Å². The molecule has 0 spiro atoms. The monoisotopic (exact) mass is 462 g/mol. The molecule has 4 rings (SSSR count). The van der Waals surface area contributed by atoms with Gasteiger partial charge < -0.3 is 14.6 Å². The number of rotatable bonds is 7. The Morgan fingerprint density at radius 3 is 2.29 bits per heavy atom. The second-order valence-electron chi connectivity index (χ2n) is 10.0. The zero-order valence-electron chi connectivity index (χ0n) is 20.7. The van der Waals surface area contributed by atoms with E-state index in [4.69, 9.17) is 4.74 Å². The minimum absolute atomic E-state index is 0.0421. The van der Waals surface area contributed by atoms with Crippen molar-refractivity contribution in [1.82, 2.24) is 4.98 Å². The van der Waals surface area contributed by atoms with Crippen LogP contribution in [0.1, 0.15) is 50.4 Å². The summed E-state index contributed by atoms with van der Waals surface area (Å²) in [5.41, 5.74) is 6.24. The second kappa shape index (κ2) is 10.0. The number of hydrogen-bond acceptors (Lipinski definition) is 3. The molecule has 1 fully saturated rings. The van der Waals surface area contributed by atoms with E-state index in [1.54, 1.807) is 12.1 Å². The fourth-order valence-corrected chi connectivity index (χ4v) is 4.78. The van der Waals surface area contributed by atoms with E-state index in [9.17, 15) is 9.18 Å². The summed E-state index contributed by atoms with van der Waals surface area (Å²) in [6, 6.07) is 14.3. The van der Waals surface area contributed by atoms with Gasteiger partial charge in [-0.2, -0.15) is 0 Å². The number of H-pyrrole nitrogens is 1. The van der Waals surface area contributed by atoms with Crippen molar-refractivity contribution in [2.45, 2.75) is 53.4 Å². The topological polar surface area (TPSA) is 45.3 Å². The van der Waals surface area contributed by atoms with Gasteiger partial charge in [0.05, 0.1) is 17.9 Å². The molecule has 0 saturated carbocycles. The molecule has 1 aliphatic heterocycles. The summed E-state index contributed by atoms with van der Waals surface area (Å²) in [5.74, 6) is 0.525. The van der Waals surface area contributed by atoms with Gasteiger partial charge in [-0.3, -0.25) is 4.79 Å². The third kappa shape index (κ3) is 5.35. The van der Waals surface area contributed by atoms with Gasteiger partial charge in [0.2, 0.25) is 0 Å². The maximum Gasteiger partial charge on any atom is 0.258 e. The number of ether oxygens (including phenoxy) is 1. The summed E-state index contributed by atoms with van der Waals surface area (Å²) in [5, 5.41) is 0. The van der Waals surface area contributed by atoms with E-state index >= 15 is 0 Å². The first-order valence-corrected chi connectivity index (χ1v) is 12.3. The Hall–Kier alpha value is -3.08. The standard InChI is InChI=1S/C29H35FN2O2/c1-5-25-20(2)31-28(33)26(27(25)32-17-15-29(3,4)16-18-32)22-8-12-24(13-9-22)34-19-14-21-6-10-23(30)11-7-21/h6-13H,5,14-19H2,1-4H3,(H,31,33). The number of pyridine rings is 1. The molecule has 4 nitrogen and oxygen atoms in total. The highest BCUT2D eigenvalue weighted by atomic mass is 19.1. The number of anilines is 1. The molecule has 0 unspecified atom stereocenters. The van der Waals surface area contributed by atoms with E-state index in [-0.39, 0.29) is 11.4 Å². The molecule has 0 aliphatic carbocycles. The van der Waals surface area contributed by atoms with Crippen LogP contribution in [0.5, 0.6) is 5.75 Å². The average Bonchev–Trinajstić information content (AvgIpc) is 2.81. The second-order valence-corrected chi connectivity index (χ2v) is 10.0. The van der Waals surface area contributed by atoms with Gasteiger partial charge in [-0.25, -0.2) is 4.39 Å². The lowest BCUT2D eigenvalue weighted by molar-refractivity contribution is 0.279. The van der Waals surface area contributed by atoms with Crippen LogP contribution >= 0.6 is 0 Å². The lowest BCUT2D eigenvalue weighted by Crippen LogP contribution is -2.39. The molecule has 1 N–H and O–H groups in total. The molecule has 2 aromatic carbocycles. The highest BCUT2D eigenvalue weighted by molar-refractivity contribution is 5.81. The quantitative estimate of drug-likeness (QED) is 0.448. The normalized spacial score (nSPS) is 15.4. The van der Waals surface area contributed by atoms with E-state index in [1.165, 1.54) is 17.7 Å². The van der Waals surface area contributed by atoms with Crippen LogP contribution in [-0.4, -0.2) is 24.7 Å². The first-order valence-electron chi connectivity index (χ1n) is 12.3. The zero-order valence-corrected chi connectivity index (χ0v) is 20.7. The predicted octanol–water partition coefficient (Wildman–Crippen LogP) is 6.30. The van der Waals surface area contributed by atoms with Gasteiger partial charge in [0.1, 0.15) is 11.6 Å². The number of halogens is 1. The maximum absolute atomic E-state index is 13.2. The summed E-state index contributed by atoms with van der Waals surface area (Å²) in [4.78, 5) is 18.7. The van der Waals surface area contributed by atoms with Crippen LogP contribution in [0.2, 0.25) is 0 Å². The molecule has 1 aliphatic rings. The average molecular weight is 463 g/mol. The summed E-state index contributed by atoms with van der Waals surface area (Å²) in [6.45, 7) is 11.2. The van der Waals surface area contributed by atoms with Crippen LogP contribution in [0.15, 0.2) is 53.3 Å². The van der Waals surface area contributed by atoms with Gasteiger partial charge in [-0.1, -0.05) is 45.0 Å². The smallest absolute Gasteiger partial charge is 0.258 e. The van der Waals surface area contributed by atoms with Gasteiger partial charge >= 0.3 is 0 Å².